The molecular formula is C13H26N2O3S. The maximum absolute atomic E-state index is 12.0. The van der Waals surface area contributed by atoms with Crippen LogP contribution in [0.5, 0.6) is 0 Å². The smallest absolute Gasteiger partial charge is 0.214 e. The number of rotatable bonds is 5. The summed E-state index contributed by atoms with van der Waals surface area (Å²) in [4.78, 5) is 2.27. The highest BCUT2D eigenvalue weighted by Crippen LogP contribution is 2.16. The molecule has 0 aromatic heterocycles. The molecule has 2 aliphatic rings. The van der Waals surface area contributed by atoms with E-state index in [-0.39, 0.29) is 11.9 Å². The normalized spacial score (nSPS) is 30.4. The Morgan fingerprint density at radius 1 is 1.26 bits per heavy atom. The highest BCUT2D eigenvalue weighted by atomic mass is 32.2. The average molecular weight is 290 g/mol. The van der Waals surface area contributed by atoms with E-state index in [4.69, 9.17) is 4.74 Å². The van der Waals surface area contributed by atoms with Crippen molar-refractivity contribution >= 4 is 10.0 Å². The second kappa shape index (κ2) is 7.02. The van der Waals surface area contributed by atoms with Crippen LogP contribution >= 0.6 is 0 Å². The summed E-state index contributed by atoms with van der Waals surface area (Å²) in [6, 6.07) is 0. The van der Waals surface area contributed by atoms with Gasteiger partial charge in [0.05, 0.1) is 11.9 Å². The van der Waals surface area contributed by atoms with Crippen LogP contribution in [0.2, 0.25) is 0 Å². The van der Waals surface area contributed by atoms with E-state index in [0.29, 0.717) is 19.1 Å². The van der Waals surface area contributed by atoms with Crippen LogP contribution in [0.15, 0.2) is 0 Å². The first-order chi connectivity index (χ1) is 9.05. The predicted octanol–water partition coefficient (Wildman–Crippen LogP) is 0.817. The highest BCUT2D eigenvalue weighted by Gasteiger charge is 2.24. The van der Waals surface area contributed by atoms with Gasteiger partial charge in [0.25, 0.3) is 0 Å². The van der Waals surface area contributed by atoms with Gasteiger partial charge in [-0.05, 0) is 51.6 Å². The van der Waals surface area contributed by atoms with E-state index >= 15 is 0 Å². The molecule has 112 valence electrons. The lowest BCUT2D eigenvalue weighted by molar-refractivity contribution is 0.0303. The SMILES string of the molecule is CN1CCCC(CNS(=O)(=O)CC2CCCCO2)C1. The lowest BCUT2D eigenvalue weighted by Crippen LogP contribution is -2.41. The molecule has 0 spiro atoms. The van der Waals surface area contributed by atoms with Gasteiger partial charge in [-0.1, -0.05) is 0 Å². The van der Waals surface area contributed by atoms with Crippen molar-refractivity contribution in [3.05, 3.63) is 0 Å². The summed E-state index contributed by atoms with van der Waals surface area (Å²) in [5.74, 6) is 0.566. The molecule has 6 heteroatoms. The van der Waals surface area contributed by atoms with Gasteiger partial charge >= 0.3 is 0 Å². The summed E-state index contributed by atoms with van der Waals surface area (Å²) >= 11 is 0. The van der Waals surface area contributed by atoms with E-state index in [1.165, 1.54) is 0 Å². The van der Waals surface area contributed by atoms with Gasteiger partial charge in [-0.15, -0.1) is 0 Å². The average Bonchev–Trinajstić information content (AvgIpc) is 2.37. The van der Waals surface area contributed by atoms with Crippen LogP contribution in [0, 0.1) is 5.92 Å². The number of sulfonamides is 1. The van der Waals surface area contributed by atoms with Crippen molar-refractivity contribution in [1.82, 2.24) is 9.62 Å². The zero-order chi connectivity index (χ0) is 13.7. The molecule has 0 aliphatic carbocycles. The van der Waals surface area contributed by atoms with Crippen molar-refractivity contribution in [3.63, 3.8) is 0 Å². The summed E-state index contributed by atoms with van der Waals surface area (Å²) in [6.45, 7) is 3.38. The topological polar surface area (TPSA) is 58.6 Å². The van der Waals surface area contributed by atoms with E-state index < -0.39 is 10.0 Å². The monoisotopic (exact) mass is 290 g/mol. The van der Waals surface area contributed by atoms with Gasteiger partial charge in [0.1, 0.15) is 0 Å². The van der Waals surface area contributed by atoms with Crippen LogP contribution in [0.1, 0.15) is 32.1 Å². The standard InChI is InChI=1S/C13H26N2O3S/c1-15-7-4-5-12(10-15)9-14-19(16,17)11-13-6-2-3-8-18-13/h12-14H,2-11H2,1H3. The molecule has 19 heavy (non-hydrogen) atoms. The van der Waals surface area contributed by atoms with Gasteiger partial charge in [-0.25, -0.2) is 13.1 Å². The van der Waals surface area contributed by atoms with E-state index in [0.717, 1.165) is 45.2 Å². The lowest BCUT2D eigenvalue weighted by Gasteiger charge is -2.30. The first kappa shape index (κ1) is 15.2. The van der Waals surface area contributed by atoms with Gasteiger partial charge < -0.3 is 9.64 Å². The fourth-order valence-electron chi connectivity index (χ4n) is 2.93. The molecular weight excluding hydrogens is 264 g/mol. The number of nitrogens with one attached hydrogen (secondary N) is 1. The van der Waals surface area contributed by atoms with Crippen LogP contribution < -0.4 is 4.72 Å². The molecule has 0 saturated carbocycles. The van der Waals surface area contributed by atoms with Crippen LogP contribution in [0.3, 0.4) is 0 Å². The molecule has 0 radical (unpaired) electrons. The first-order valence-corrected chi connectivity index (χ1v) is 8.98. The fourth-order valence-corrected chi connectivity index (χ4v) is 4.29. The Kier molecular flexibility index (Phi) is 5.62. The first-order valence-electron chi connectivity index (χ1n) is 7.32. The molecule has 0 aromatic carbocycles. The van der Waals surface area contributed by atoms with Crippen molar-refractivity contribution in [2.24, 2.45) is 5.92 Å². The third-order valence-corrected chi connectivity index (χ3v) is 5.41. The minimum absolute atomic E-state index is 0.111. The molecule has 2 unspecified atom stereocenters. The van der Waals surface area contributed by atoms with Gasteiger partial charge in [0.2, 0.25) is 10.0 Å². The van der Waals surface area contributed by atoms with E-state index in [1.54, 1.807) is 0 Å². The Morgan fingerprint density at radius 2 is 2.11 bits per heavy atom. The van der Waals surface area contributed by atoms with Crippen molar-refractivity contribution in [2.45, 2.75) is 38.2 Å². The van der Waals surface area contributed by atoms with Crippen molar-refractivity contribution < 1.29 is 13.2 Å². The van der Waals surface area contributed by atoms with Gasteiger partial charge in [0, 0.05) is 19.7 Å². The Bertz CT molecular complexity index is 366. The highest BCUT2D eigenvalue weighted by molar-refractivity contribution is 7.89. The number of nitrogens with zero attached hydrogens (tertiary/aromatic N) is 1. The zero-order valence-corrected chi connectivity index (χ0v) is 12.6. The number of likely N-dealkylation sites (tertiary alicyclic amines) is 1. The van der Waals surface area contributed by atoms with E-state index in [1.807, 2.05) is 0 Å². The number of hydrogen-bond acceptors (Lipinski definition) is 4. The molecule has 1 N–H and O–H groups in total. The second-order valence-electron chi connectivity index (χ2n) is 5.89. The number of hydrogen-bond donors (Lipinski definition) is 1. The Balaban J connectivity index is 1.73. The molecule has 2 rings (SSSR count). The minimum atomic E-state index is -3.19. The summed E-state index contributed by atoms with van der Waals surface area (Å²) in [6.07, 6.45) is 5.17. The van der Waals surface area contributed by atoms with Gasteiger partial charge in [-0.3, -0.25) is 0 Å². The summed E-state index contributed by atoms with van der Waals surface area (Å²) in [7, 11) is -1.10. The predicted molar refractivity (Wildman–Crippen MR) is 75.6 cm³/mol. The van der Waals surface area contributed by atoms with E-state index in [2.05, 4.69) is 16.7 Å². The van der Waals surface area contributed by atoms with Crippen molar-refractivity contribution in [3.8, 4) is 0 Å². The van der Waals surface area contributed by atoms with Crippen LogP contribution in [-0.4, -0.2) is 58.5 Å². The van der Waals surface area contributed by atoms with Crippen molar-refractivity contribution in [2.75, 3.05) is 39.0 Å². The number of piperidine rings is 1. The van der Waals surface area contributed by atoms with Crippen LogP contribution in [0.25, 0.3) is 0 Å². The van der Waals surface area contributed by atoms with Crippen LogP contribution in [-0.2, 0) is 14.8 Å². The van der Waals surface area contributed by atoms with E-state index in [9.17, 15) is 8.42 Å². The maximum Gasteiger partial charge on any atom is 0.214 e. The quantitative estimate of drug-likeness (QED) is 0.814. The summed E-state index contributed by atoms with van der Waals surface area (Å²) < 4.78 is 32.3. The third kappa shape index (κ3) is 5.38. The molecule has 0 amide bonds. The molecule has 0 bridgehead atoms. The third-order valence-electron chi connectivity index (χ3n) is 3.99. The molecule has 2 saturated heterocycles. The largest absolute Gasteiger partial charge is 0.377 e. The molecule has 0 aromatic rings. The molecule has 2 fully saturated rings. The second-order valence-corrected chi connectivity index (χ2v) is 7.74. The minimum Gasteiger partial charge on any atom is -0.377 e. The molecule has 2 atom stereocenters. The Morgan fingerprint density at radius 3 is 2.79 bits per heavy atom. The number of ether oxygens (including phenoxy) is 1. The Labute approximate surface area is 116 Å². The molecule has 2 heterocycles. The van der Waals surface area contributed by atoms with Crippen molar-refractivity contribution in [1.29, 1.82) is 0 Å². The van der Waals surface area contributed by atoms with Gasteiger partial charge in [0.15, 0.2) is 0 Å². The molecule has 5 nitrogen and oxygen atoms in total. The maximum atomic E-state index is 12.0. The molecule has 2 aliphatic heterocycles. The Hall–Kier alpha value is -0.170. The zero-order valence-electron chi connectivity index (χ0n) is 11.8. The lowest BCUT2D eigenvalue weighted by atomic mass is 9.99. The summed E-state index contributed by atoms with van der Waals surface area (Å²) in [5.41, 5.74) is 0. The van der Waals surface area contributed by atoms with Gasteiger partial charge in [-0.2, -0.15) is 0 Å². The fraction of sp³-hybridized carbons (Fsp3) is 1.00. The summed E-state index contributed by atoms with van der Waals surface area (Å²) in [5, 5.41) is 0. The van der Waals surface area contributed by atoms with Crippen LogP contribution in [0.4, 0.5) is 0 Å².